The van der Waals surface area contributed by atoms with Gasteiger partial charge in [0.1, 0.15) is 5.65 Å². The maximum atomic E-state index is 12.8. The van der Waals surface area contributed by atoms with Crippen molar-refractivity contribution in [2.75, 3.05) is 13.1 Å². The fourth-order valence-corrected chi connectivity index (χ4v) is 4.46. The van der Waals surface area contributed by atoms with Gasteiger partial charge in [-0.15, -0.1) is 0 Å². The maximum absolute atomic E-state index is 12.8. The minimum absolute atomic E-state index is 0.169. The lowest BCUT2D eigenvalue weighted by molar-refractivity contribution is -0.130. The lowest BCUT2D eigenvalue weighted by Crippen LogP contribution is -2.30. The standard InChI is InChI=1S/C28H30ClN3O/c1-5-31(6-2)27(33)16-14-25-28(21-9-12-23(29)13-10-21)30-26-15-11-22(18-32(25)26)24-17-19(3)7-8-20(24)4/h7-13,15,17-18H,5-6,14,16H2,1-4H3. The number of fused-ring (bicyclic) bond motifs is 1. The van der Waals surface area contributed by atoms with Crippen LogP contribution in [0.25, 0.3) is 28.0 Å². The van der Waals surface area contributed by atoms with Crippen LogP contribution in [0.3, 0.4) is 0 Å². The quantitative estimate of drug-likeness (QED) is 0.307. The molecule has 2 heterocycles. The summed E-state index contributed by atoms with van der Waals surface area (Å²) in [5, 5.41) is 0.693. The average Bonchev–Trinajstić information content (AvgIpc) is 3.18. The summed E-state index contributed by atoms with van der Waals surface area (Å²) in [4.78, 5) is 19.6. The lowest BCUT2D eigenvalue weighted by Gasteiger charge is -2.18. The molecule has 5 heteroatoms. The van der Waals surface area contributed by atoms with Crippen LogP contribution < -0.4 is 0 Å². The number of aromatic nitrogens is 2. The summed E-state index contributed by atoms with van der Waals surface area (Å²) in [6, 6.07) is 18.4. The Morgan fingerprint density at radius 1 is 0.970 bits per heavy atom. The Balaban J connectivity index is 1.82. The highest BCUT2D eigenvalue weighted by atomic mass is 35.5. The second-order valence-corrected chi connectivity index (χ2v) is 8.88. The van der Waals surface area contributed by atoms with Gasteiger partial charge in [0.2, 0.25) is 5.91 Å². The fraction of sp³-hybridized carbons (Fsp3) is 0.286. The van der Waals surface area contributed by atoms with E-state index in [1.807, 2.05) is 43.0 Å². The molecule has 0 N–H and O–H groups in total. The minimum Gasteiger partial charge on any atom is -0.343 e. The summed E-state index contributed by atoms with van der Waals surface area (Å²) < 4.78 is 2.15. The van der Waals surface area contributed by atoms with Gasteiger partial charge in [-0.1, -0.05) is 47.5 Å². The van der Waals surface area contributed by atoms with Gasteiger partial charge in [0.25, 0.3) is 0 Å². The number of nitrogens with zero attached hydrogens (tertiary/aromatic N) is 3. The van der Waals surface area contributed by atoms with Crippen LogP contribution >= 0.6 is 11.6 Å². The Kier molecular flexibility index (Phi) is 6.85. The lowest BCUT2D eigenvalue weighted by atomic mass is 10.00. The molecule has 2 aromatic carbocycles. The smallest absolute Gasteiger partial charge is 0.222 e. The third kappa shape index (κ3) is 4.81. The highest BCUT2D eigenvalue weighted by Crippen LogP contribution is 2.30. The Morgan fingerprint density at radius 2 is 1.67 bits per heavy atom. The number of halogens is 1. The van der Waals surface area contributed by atoms with E-state index in [1.54, 1.807) is 0 Å². The molecule has 33 heavy (non-hydrogen) atoms. The van der Waals surface area contributed by atoms with E-state index in [0.29, 0.717) is 17.9 Å². The van der Waals surface area contributed by atoms with Gasteiger partial charge >= 0.3 is 0 Å². The van der Waals surface area contributed by atoms with E-state index in [2.05, 4.69) is 54.8 Å². The Morgan fingerprint density at radius 3 is 2.36 bits per heavy atom. The van der Waals surface area contributed by atoms with Crippen molar-refractivity contribution in [2.24, 2.45) is 0 Å². The van der Waals surface area contributed by atoms with Crippen molar-refractivity contribution >= 4 is 23.2 Å². The molecule has 0 spiro atoms. The molecule has 4 nitrogen and oxygen atoms in total. The van der Waals surface area contributed by atoms with E-state index >= 15 is 0 Å². The summed E-state index contributed by atoms with van der Waals surface area (Å²) in [5.74, 6) is 0.169. The number of aryl methyl sites for hydroxylation is 3. The number of imidazole rings is 1. The van der Waals surface area contributed by atoms with E-state index in [0.717, 1.165) is 41.3 Å². The summed E-state index contributed by atoms with van der Waals surface area (Å²) in [6.45, 7) is 9.74. The summed E-state index contributed by atoms with van der Waals surface area (Å²) in [7, 11) is 0. The number of hydrogen-bond acceptors (Lipinski definition) is 2. The summed E-state index contributed by atoms with van der Waals surface area (Å²) >= 11 is 6.13. The van der Waals surface area contributed by atoms with Crippen LogP contribution in [-0.2, 0) is 11.2 Å². The third-order valence-electron chi connectivity index (χ3n) is 6.23. The Labute approximate surface area is 200 Å². The summed E-state index contributed by atoms with van der Waals surface area (Å²) in [6.07, 6.45) is 3.22. The highest BCUT2D eigenvalue weighted by Gasteiger charge is 2.18. The zero-order valence-corrected chi connectivity index (χ0v) is 20.5. The van der Waals surface area contributed by atoms with Crippen molar-refractivity contribution in [3.05, 3.63) is 82.6 Å². The first-order valence-electron chi connectivity index (χ1n) is 11.5. The molecule has 170 valence electrons. The first-order valence-corrected chi connectivity index (χ1v) is 11.9. The molecule has 1 amide bonds. The molecule has 0 saturated carbocycles. The number of amides is 1. The molecule has 2 aromatic heterocycles. The molecule has 0 saturated heterocycles. The van der Waals surface area contributed by atoms with Crippen molar-refractivity contribution in [2.45, 2.75) is 40.5 Å². The first kappa shape index (κ1) is 23.1. The average molecular weight is 460 g/mol. The number of rotatable bonds is 7. The Bertz CT molecular complexity index is 1290. The van der Waals surface area contributed by atoms with Crippen molar-refractivity contribution in [1.82, 2.24) is 14.3 Å². The molecule has 0 atom stereocenters. The van der Waals surface area contributed by atoms with Crippen molar-refractivity contribution in [3.63, 3.8) is 0 Å². The Hall–Kier alpha value is -3.11. The largest absolute Gasteiger partial charge is 0.343 e. The molecule has 0 aliphatic carbocycles. The molecule has 0 aliphatic rings. The van der Waals surface area contributed by atoms with Gasteiger partial charge in [-0.2, -0.15) is 0 Å². The number of carbonyl (C=O) groups excluding carboxylic acids is 1. The molecule has 4 rings (SSSR count). The zero-order chi connectivity index (χ0) is 23.5. The van der Waals surface area contributed by atoms with E-state index in [9.17, 15) is 4.79 Å². The van der Waals surface area contributed by atoms with Crippen LogP contribution in [0.4, 0.5) is 0 Å². The van der Waals surface area contributed by atoms with Crippen molar-refractivity contribution < 1.29 is 4.79 Å². The molecular formula is C28H30ClN3O. The molecule has 4 aromatic rings. The van der Waals surface area contributed by atoms with Crippen LogP contribution in [0, 0.1) is 13.8 Å². The van der Waals surface area contributed by atoms with Crippen molar-refractivity contribution in [3.8, 4) is 22.4 Å². The second-order valence-electron chi connectivity index (χ2n) is 8.44. The van der Waals surface area contributed by atoms with E-state index < -0.39 is 0 Å². The molecular weight excluding hydrogens is 430 g/mol. The highest BCUT2D eigenvalue weighted by molar-refractivity contribution is 6.30. The van der Waals surface area contributed by atoms with Gasteiger partial charge in [0.05, 0.1) is 11.4 Å². The van der Waals surface area contributed by atoms with Crippen LogP contribution in [0.2, 0.25) is 5.02 Å². The van der Waals surface area contributed by atoms with Crippen LogP contribution in [0.5, 0.6) is 0 Å². The van der Waals surface area contributed by atoms with Crippen molar-refractivity contribution in [1.29, 1.82) is 0 Å². The minimum atomic E-state index is 0.169. The van der Waals surface area contributed by atoms with Gasteiger partial charge in [-0.05, 0) is 75.1 Å². The monoisotopic (exact) mass is 459 g/mol. The van der Waals surface area contributed by atoms with Gasteiger partial charge in [0, 0.05) is 36.3 Å². The predicted molar refractivity (Wildman–Crippen MR) is 137 cm³/mol. The molecule has 0 bridgehead atoms. The molecule has 0 unspecified atom stereocenters. The normalized spacial score (nSPS) is 11.2. The van der Waals surface area contributed by atoms with Gasteiger partial charge in [0.15, 0.2) is 0 Å². The topological polar surface area (TPSA) is 37.6 Å². The van der Waals surface area contributed by atoms with E-state index in [-0.39, 0.29) is 5.91 Å². The SMILES string of the molecule is CCN(CC)C(=O)CCc1c(-c2ccc(Cl)cc2)nc2ccc(-c3cc(C)ccc3C)cn12. The fourth-order valence-electron chi connectivity index (χ4n) is 4.34. The van der Waals surface area contributed by atoms with Crippen LogP contribution in [-0.4, -0.2) is 33.3 Å². The number of carbonyl (C=O) groups is 1. The predicted octanol–water partition coefficient (Wildman–Crippen LogP) is 6.74. The van der Waals surface area contributed by atoms with Gasteiger partial charge < -0.3 is 9.30 Å². The van der Waals surface area contributed by atoms with Crippen LogP contribution in [0.1, 0.15) is 37.1 Å². The maximum Gasteiger partial charge on any atom is 0.222 e. The number of pyridine rings is 1. The van der Waals surface area contributed by atoms with Crippen LogP contribution in [0.15, 0.2) is 60.8 Å². The summed E-state index contributed by atoms with van der Waals surface area (Å²) in [5.41, 5.74) is 8.63. The molecule has 0 fully saturated rings. The first-order chi connectivity index (χ1) is 15.9. The van der Waals surface area contributed by atoms with E-state index in [4.69, 9.17) is 16.6 Å². The molecule has 0 aliphatic heterocycles. The third-order valence-corrected chi connectivity index (χ3v) is 6.48. The van der Waals surface area contributed by atoms with E-state index in [1.165, 1.54) is 16.7 Å². The van der Waals surface area contributed by atoms with Gasteiger partial charge in [-0.25, -0.2) is 4.98 Å². The molecule has 0 radical (unpaired) electrons. The van der Waals surface area contributed by atoms with Gasteiger partial charge in [-0.3, -0.25) is 4.79 Å². The zero-order valence-electron chi connectivity index (χ0n) is 19.7. The second kappa shape index (κ2) is 9.80. The number of hydrogen-bond donors (Lipinski definition) is 0. The number of benzene rings is 2.